The van der Waals surface area contributed by atoms with Crippen LogP contribution >= 0.6 is 0 Å². The summed E-state index contributed by atoms with van der Waals surface area (Å²) in [4.78, 5) is 13.4. The van der Waals surface area contributed by atoms with Gasteiger partial charge in [-0.15, -0.1) is 0 Å². The normalized spacial score (nSPS) is 15.5. The van der Waals surface area contributed by atoms with Crippen LogP contribution in [0.4, 0.5) is 5.82 Å². The molecule has 4 aromatic rings. The first-order valence-electron chi connectivity index (χ1n) is 12.4. The van der Waals surface area contributed by atoms with Crippen molar-refractivity contribution in [2.75, 3.05) is 64.8 Å². The van der Waals surface area contributed by atoms with Gasteiger partial charge in [-0.1, -0.05) is 0 Å². The molecular weight excluding hydrogens is 424 g/mol. The standard InChI is InChI=1S/C27H36N6O/c1-19-21-7-10-30-27(29-9-4-12-33-15-13-32(14-16-33)11-3-8-28)24(21)18-23-22-17-20(34-2)5-6-25(22)31-26(19)23/h5-7,10,17-18,31H,3-4,8-9,11-16,28H2,1-2H3,(H,29,30). The molecular formula is C27H36N6O. The van der Waals surface area contributed by atoms with E-state index in [1.807, 2.05) is 12.3 Å². The highest BCUT2D eigenvalue weighted by molar-refractivity contribution is 6.15. The van der Waals surface area contributed by atoms with E-state index in [4.69, 9.17) is 15.5 Å². The van der Waals surface area contributed by atoms with Gasteiger partial charge in [0, 0.05) is 60.6 Å². The van der Waals surface area contributed by atoms with E-state index in [0.29, 0.717) is 0 Å². The highest BCUT2D eigenvalue weighted by Crippen LogP contribution is 2.36. The molecule has 4 N–H and O–H groups in total. The molecule has 0 saturated carbocycles. The predicted molar refractivity (Wildman–Crippen MR) is 142 cm³/mol. The fraction of sp³-hybridized carbons (Fsp3) is 0.444. The van der Waals surface area contributed by atoms with Crippen molar-refractivity contribution < 1.29 is 4.74 Å². The van der Waals surface area contributed by atoms with E-state index >= 15 is 0 Å². The number of nitrogens with one attached hydrogen (secondary N) is 2. The number of hydrogen-bond donors (Lipinski definition) is 3. The average molecular weight is 461 g/mol. The van der Waals surface area contributed by atoms with Gasteiger partial charge in [0.25, 0.3) is 0 Å². The molecule has 0 aliphatic carbocycles. The maximum atomic E-state index is 5.65. The van der Waals surface area contributed by atoms with Gasteiger partial charge >= 0.3 is 0 Å². The number of ether oxygens (including phenoxy) is 1. The summed E-state index contributed by atoms with van der Waals surface area (Å²) in [6, 6.07) is 10.6. The number of rotatable bonds is 9. The van der Waals surface area contributed by atoms with E-state index in [1.54, 1.807) is 7.11 Å². The van der Waals surface area contributed by atoms with Gasteiger partial charge < -0.3 is 30.6 Å². The van der Waals surface area contributed by atoms with Crippen LogP contribution in [0.3, 0.4) is 0 Å². The first-order valence-corrected chi connectivity index (χ1v) is 12.4. The second-order valence-corrected chi connectivity index (χ2v) is 9.32. The lowest BCUT2D eigenvalue weighted by Gasteiger charge is -2.34. The molecule has 1 fully saturated rings. The summed E-state index contributed by atoms with van der Waals surface area (Å²) >= 11 is 0. The van der Waals surface area contributed by atoms with Crippen LogP contribution in [-0.2, 0) is 0 Å². The number of pyridine rings is 1. The summed E-state index contributed by atoms with van der Waals surface area (Å²) in [5.74, 6) is 1.84. The SMILES string of the molecule is COc1ccc2[nH]c3c(C)c4ccnc(NCCCN5CCN(CCCN)CC5)c4cc3c2c1. The summed E-state index contributed by atoms with van der Waals surface area (Å²) in [6.07, 6.45) is 4.11. The zero-order valence-electron chi connectivity index (χ0n) is 20.4. The van der Waals surface area contributed by atoms with Gasteiger partial charge in [-0.25, -0.2) is 4.98 Å². The number of benzene rings is 2. The Labute approximate surface area is 201 Å². The van der Waals surface area contributed by atoms with Crippen molar-refractivity contribution in [1.82, 2.24) is 19.8 Å². The topological polar surface area (TPSA) is 82.4 Å². The van der Waals surface area contributed by atoms with Gasteiger partial charge in [0.2, 0.25) is 0 Å². The number of aromatic amines is 1. The predicted octanol–water partition coefficient (Wildman–Crippen LogP) is 3.95. The highest BCUT2D eigenvalue weighted by Gasteiger charge is 2.16. The number of piperazine rings is 1. The largest absolute Gasteiger partial charge is 0.497 e. The first-order chi connectivity index (χ1) is 16.7. The van der Waals surface area contributed by atoms with Crippen LogP contribution in [0.2, 0.25) is 0 Å². The molecule has 1 aliphatic rings. The van der Waals surface area contributed by atoms with Crippen LogP contribution in [-0.4, -0.2) is 79.2 Å². The number of aromatic nitrogens is 2. The minimum absolute atomic E-state index is 0.785. The Morgan fingerprint density at radius 2 is 1.74 bits per heavy atom. The third-order valence-corrected chi connectivity index (χ3v) is 7.19. The van der Waals surface area contributed by atoms with Crippen LogP contribution in [0, 0.1) is 6.92 Å². The van der Waals surface area contributed by atoms with Crippen molar-refractivity contribution in [2.24, 2.45) is 5.73 Å². The van der Waals surface area contributed by atoms with Crippen molar-refractivity contribution >= 4 is 38.4 Å². The summed E-state index contributed by atoms with van der Waals surface area (Å²) < 4.78 is 5.47. The molecule has 3 heterocycles. The smallest absolute Gasteiger partial charge is 0.133 e. The molecule has 2 aromatic carbocycles. The summed E-state index contributed by atoms with van der Waals surface area (Å²) in [7, 11) is 1.71. The lowest BCUT2D eigenvalue weighted by Crippen LogP contribution is -2.47. The van der Waals surface area contributed by atoms with E-state index < -0.39 is 0 Å². The Kier molecular flexibility index (Phi) is 6.85. The fourth-order valence-corrected chi connectivity index (χ4v) is 5.19. The molecule has 0 spiro atoms. The minimum atomic E-state index is 0.785. The average Bonchev–Trinajstić information content (AvgIpc) is 3.24. The third-order valence-electron chi connectivity index (χ3n) is 7.19. The number of nitrogens with two attached hydrogens (primary N) is 1. The van der Waals surface area contributed by atoms with Crippen LogP contribution < -0.4 is 15.8 Å². The Hall–Kier alpha value is -2.87. The molecule has 0 amide bonds. The number of anilines is 1. The van der Waals surface area contributed by atoms with E-state index in [9.17, 15) is 0 Å². The fourth-order valence-electron chi connectivity index (χ4n) is 5.19. The van der Waals surface area contributed by atoms with Gasteiger partial charge in [0.05, 0.1) is 12.6 Å². The lowest BCUT2D eigenvalue weighted by atomic mass is 10.0. The molecule has 0 radical (unpaired) electrons. The number of H-pyrrole nitrogens is 1. The Balaban J connectivity index is 1.29. The van der Waals surface area contributed by atoms with E-state index in [2.05, 4.69) is 51.3 Å². The molecule has 1 saturated heterocycles. The summed E-state index contributed by atoms with van der Waals surface area (Å²) in [5.41, 5.74) is 9.20. The molecule has 0 bridgehead atoms. The first kappa shape index (κ1) is 22.9. The second kappa shape index (κ2) is 10.2. The van der Waals surface area contributed by atoms with Crippen molar-refractivity contribution in [3.63, 3.8) is 0 Å². The van der Waals surface area contributed by atoms with Gasteiger partial charge in [0.15, 0.2) is 0 Å². The molecule has 7 nitrogen and oxygen atoms in total. The summed E-state index contributed by atoms with van der Waals surface area (Å²) in [6.45, 7) is 10.8. The van der Waals surface area contributed by atoms with Crippen molar-refractivity contribution in [3.8, 4) is 5.75 Å². The molecule has 7 heteroatoms. The maximum Gasteiger partial charge on any atom is 0.133 e. The molecule has 0 atom stereocenters. The Morgan fingerprint density at radius 1 is 0.971 bits per heavy atom. The van der Waals surface area contributed by atoms with Gasteiger partial charge in [-0.2, -0.15) is 0 Å². The molecule has 2 aromatic heterocycles. The molecule has 0 unspecified atom stereocenters. The molecule has 1 aliphatic heterocycles. The Morgan fingerprint density at radius 3 is 2.47 bits per heavy atom. The van der Waals surface area contributed by atoms with Crippen LogP contribution in [0.15, 0.2) is 36.5 Å². The summed E-state index contributed by atoms with van der Waals surface area (Å²) in [5, 5.41) is 8.42. The molecule has 5 rings (SSSR count). The maximum absolute atomic E-state index is 5.65. The number of fused-ring (bicyclic) bond motifs is 4. The van der Waals surface area contributed by atoms with Crippen molar-refractivity contribution in [2.45, 2.75) is 19.8 Å². The zero-order valence-corrected chi connectivity index (χ0v) is 20.4. The van der Waals surface area contributed by atoms with Crippen LogP contribution in [0.25, 0.3) is 32.6 Å². The van der Waals surface area contributed by atoms with Crippen molar-refractivity contribution in [3.05, 3.63) is 42.1 Å². The number of hydrogen-bond acceptors (Lipinski definition) is 6. The second-order valence-electron chi connectivity index (χ2n) is 9.32. The van der Waals surface area contributed by atoms with E-state index in [0.717, 1.165) is 82.3 Å². The third kappa shape index (κ3) is 4.56. The minimum Gasteiger partial charge on any atom is -0.497 e. The lowest BCUT2D eigenvalue weighted by molar-refractivity contribution is 0.132. The van der Waals surface area contributed by atoms with Crippen LogP contribution in [0.5, 0.6) is 5.75 Å². The quantitative estimate of drug-likeness (QED) is 0.328. The van der Waals surface area contributed by atoms with Gasteiger partial charge in [-0.05, 0) is 80.7 Å². The zero-order chi connectivity index (χ0) is 23.5. The Bertz CT molecular complexity index is 1270. The van der Waals surface area contributed by atoms with E-state index in [1.165, 1.54) is 32.6 Å². The monoisotopic (exact) mass is 460 g/mol. The van der Waals surface area contributed by atoms with Gasteiger partial charge in [0.1, 0.15) is 11.6 Å². The van der Waals surface area contributed by atoms with E-state index in [-0.39, 0.29) is 0 Å². The molecule has 34 heavy (non-hydrogen) atoms. The number of aryl methyl sites for hydroxylation is 1. The highest BCUT2D eigenvalue weighted by atomic mass is 16.5. The van der Waals surface area contributed by atoms with Gasteiger partial charge in [-0.3, -0.25) is 0 Å². The van der Waals surface area contributed by atoms with Crippen LogP contribution in [0.1, 0.15) is 18.4 Å². The number of nitrogens with zero attached hydrogens (tertiary/aromatic N) is 3. The van der Waals surface area contributed by atoms with Crippen molar-refractivity contribution in [1.29, 1.82) is 0 Å². The molecule has 180 valence electrons. The number of methoxy groups -OCH3 is 1.